The van der Waals surface area contributed by atoms with Crippen LogP contribution in [0.1, 0.15) is 69.2 Å². The minimum atomic E-state index is -0.308. The van der Waals surface area contributed by atoms with E-state index in [1.54, 1.807) is 0 Å². The van der Waals surface area contributed by atoms with Gasteiger partial charge < -0.3 is 14.6 Å². The number of likely N-dealkylation sites (tertiary alicyclic amines) is 1. The zero-order valence-electron chi connectivity index (χ0n) is 14.1. The second kappa shape index (κ2) is 6.80. The molecule has 0 bridgehead atoms. The predicted molar refractivity (Wildman–Crippen MR) is 86.1 cm³/mol. The van der Waals surface area contributed by atoms with Crippen LogP contribution in [0.4, 0.5) is 0 Å². The fraction of sp³-hybridized carbons (Fsp3) is 0.824. The van der Waals surface area contributed by atoms with E-state index in [4.69, 9.17) is 9.26 Å². The summed E-state index contributed by atoms with van der Waals surface area (Å²) in [5, 5.41) is 7.04. The summed E-state index contributed by atoms with van der Waals surface area (Å²) in [6, 6.07) is 0. The third-order valence-electron chi connectivity index (χ3n) is 5.66. The molecule has 2 saturated heterocycles. The van der Waals surface area contributed by atoms with Crippen LogP contribution in [0.5, 0.6) is 0 Å². The number of aromatic nitrogens is 2. The molecule has 1 aliphatic carbocycles. The highest BCUT2D eigenvalue weighted by Crippen LogP contribution is 2.37. The summed E-state index contributed by atoms with van der Waals surface area (Å²) in [6.07, 6.45) is 8.47. The van der Waals surface area contributed by atoms with Gasteiger partial charge in [-0.3, -0.25) is 9.69 Å². The maximum atomic E-state index is 12.9. The normalized spacial score (nSPS) is 26.9. The number of carbonyl (C=O) groups excluding carboxylic acids is 1. The lowest BCUT2D eigenvalue weighted by molar-refractivity contribution is -0.133. The van der Waals surface area contributed by atoms with E-state index < -0.39 is 0 Å². The van der Waals surface area contributed by atoms with Gasteiger partial charge in [0, 0.05) is 6.61 Å². The average Bonchev–Trinajstić information content (AvgIpc) is 3.41. The van der Waals surface area contributed by atoms with Crippen LogP contribution in [-0.4, -0.2) is 46.2 Å². The lowest BCUT2D eigenvalue weighted by Crippen LogP contribution is -2.56. The molecule has 1 atom stereocenters. The van der Waals surface area contributed by atoms with Gasteiger partial charge in [0.1, 0.15) is 11.6 Å². The van der Waals surface area contributed by atoms with Crippen LogP contribution in [0.3, 0.4) is 0 Å². The van der Waals surface area contributed by atoms with Gasteiger partial charge in [0.05, 0.1) is 6.54 Å². The SMILES string of the molecule is O=C(NCc1noc([C@@H]2CCCO2)n1)C1(N2CCCC2)CCCC1. The summed E-state index contributed by atoms with van der Waals surface area (Å²) in [5.74, 6) is 1.20. The van der Waals surface area contributed by atoms with Crippen molar-refractivity contribution >= 4 is 5.91 Å². The molecule has 1 amide bonds. The molecular formula is C17H26N4O3. The Morgan fingerprint density at radius 1 is 1.21 bits per heavy atom. The van der Waals surface area contributed by atoms with Crippen molar-refractivity contribution in [1.29, 1.82) is 0 Å². The standard InChI is InChI=1S/C17H26N4O3/c22-16(17(7-1-2-8-17)21-9-3-4-10-21)18-12-14-19-15(24-20-14)13-6-5-11-23-13/h13H,1-12H2,(H,18,22)/t13-/m0/s1. The Kier molecular flexibility index (Phi) is 4.54. The van der Waals surface area contributed by atoms with Gasteiger partial charge in [0.2, 0.25) is 5.91 Å². The van der Waals surface area contributed by atoms with E-state index in [-0.39, 0.29) is 17.6 Å². The van der Waals surface area contributed by atoms with Crippen LogP contribution in [-0.2, 0) is 16.1 Å². The number of hydrogen-bond acceptors (Lipinski definition) is 6. The Bertz CT molecular complexity index is 570. The molecule has 24 heavy (non-hydrogen) atoms. The van der Waals surface area contributed by atoms with Crippen molar-refractivity contribution in [3.63, 3.8) is 0 Å². The topological polar surface area (TPSA) is 80.5 Å². The highest BCUT2D eigenvalue weighted by atomic mass is 16.5. The van der Waals surface area contributed by atoms with Crippen molar-refractivity contribution in [1.82, 2.24) is 20.4 Å². The van der Waals surface area contributed by atoms with Gasteiger partial charge in [-0.05, 0) is 51.6 Å². The van der Waals surface area contributed by atoms with Gasteiger partial charge in [-0.15, -0.1) is 0 Å². The molecule has 7 nitrogen and oxygen atoms in total. The van der Waals surface area contributed by atoms with Crippen LogP contribution < -0.4 is 5.32 Å². The van der Waals surface area contributed by atoms with Crippen LogP contribution in [0.2, 0.25) is 0 Å². The minimum absolute atomic E-state index is 0.0762. The molecule has 3 fully saturated rings. The van der Waals surface area contributed by atoms with E-state index >= 15 is 0 Å². The number of rotatable bonds is 5. The molecule has 2 aliphatic heterocycles. The van der Waals surface area contributed by atoms with Gasteiger partial charge in [-0.25, -0.2) is 0 Å². The molecule has 1 aromatic rings. The minimum Gasteiger partial charge on any atom is -0.368 e. The van der Waals surface area contributed by atoms with Crippen LogP contribution in [0, 0.1) is 0 Å². The van der Waals surface area contributed by atoms with E-state index in [0.717, 1.165) is 58.2 Å². The average molecular weight is 334 g/mol. The van der Waals surface area contributed by atoms with Crippen molar-refractivity contribution in [3.8, 4) is 0 Å². The maximum absolute atomic E-state index is 12.9. The van der Waals surface area contributed by atoms with Gasteiger partial charge in [0.25, 0.3) is 5.89 Å². The van der Waals surface area contributed by atoms with E-state index in [2.05, 4.69) is 20.4 Å². The Morgan fingerprint density at radius 2 is 2.00 bits per heavy atom. The van der Waals surface area contributed by atoms with E-state index in [0.29, 0.717) is 18.3 Å². The lowest BCUT2D eigenvalue weighted by Gasteiger charge is -2.37. The molecule has 0 spiro atoms. The molecule has 1 saturated carbocycles. The quantitative estimate of drug-likeness (QED) is 0.886. The van der Waals surface area contributed by atoms with Crippen molar-refractivity contribution in [2.45, 2.75) is 69.6 Å². The third-order valence-corrected chi connectivity index (χ3v) is 5.66. The fourth-order valence-corrected chi connectivity index (χ4v) is 4.36. The van der Waals surface area contributed by atoms with E-state index in [1.165, 1.54) is 12.8 Å². The number of nitrogens with one attached hydrogen (secondary N) is 1. The van der Waals surface area contributed by atoms with Crippen LogP contribution >= 0.6 is 0 Å². The predicted octanol–water partition coefficient (Wildman–Crippen LogP) is 1.95. The van der Waals surface area contributed by atoms with Crippen molar-refractivity contribution < 1.29 is 14.1 Å². The first kappa shape index (κ1) is 16.0. The molecule has 0 radical (unpaired) electrons. The summed E-state index contributed by atoms with van der Waals surface area (Å²) >= 11 is 0. The Balaban J connectivity index is 1.38. The zero-order chi connectivity index (χ0) is 16.4. The summed E-state index contributed by atoms with van der Waals surface area (Å²) in [6.45, 7) is 3.15. The number of hydrogen-bond donors (Lipinski definition) is 1. The van der Waals surface area contributed by atoms with Crippen molar-refractivity contribution in [2.24, 2.45) is 0 Å². The monoisotopic (exact) mass is 334 g/mol. The van der Waals surface area contributed by atoms with Gasteiger partial charge >= 0.3 is 0 Å². The first-order valence-electron chi connectivity index (χ1n) is 9.25. The summed E-state index contributed by atoms with van der Waals surface area (Å²) in [5.41, 5.74) is -0.308. The number of amides is 1. The first-order chi connectivity index (χ1) is 11.8. The van der Waals surface area contributed by atoms with E-state index in [9.17, 15) is 4.79 Å². The molecular weight excluding hydrogens is 308 g/mol. The lowest BCUT2D eigenvalue weighted by atomic mass is 9.94. The number of nitrogens with zero attached hydrogens (tertiary/aromatic N) is 3. The Labute approximate surface area is 142 Å². The zero-order valence-corrected chi connectivity index (χ0v) is 14.1. The van der Waals surface area contributed by atoms with Crippen molar-refractivity contribution in [3.05, 3.63) is 11.7 Å². The Morgan fingerprint density at radius 3 is 2.71 bits per heavy atom. The van der Waals surface area contributed by atoms with Crippen LogP contribution in [0.15, 0.2) is 4.52 Å². The fourth-order valence-electron chi connectivity index (χ4n) is 4.36. The van der Waals surface area contributed by atoms with Gasteiger partial charge in [-0.1, -0.05) is 18.0 Å². The summed E-state index contributed by atoms with van der Waals surface area (Å²) in [4.78, 5) is 19.7. The number of carbonyl (C=O) groups is 1. The molecule has 1 N–H and O–H groups in total. The molecule has 4 rings (SSSR count). The highest BCUT2D eigenvalue weighted by molar-refractivity contribution is 5.86. The van der Waals surface area contributed by atoms with Crippen LogP contribution in [0.25, 0.3) is 0 Å². The molecule has 0 aromatic carbocycles. The summed E-state index contributed by atoms with van der Waals surface area (Å²) in [7, 11) is 0. The number of ether oxygens (including phenoxy) is 1. The molecule has 3 aliphatic rings. The smallest absolute Gasteiger partial charge is 0.255 e. The van der Waals surface area contributed by atoms with Crippen molar-refractivity contribution in [2.75, 3.05) is 19.7 Å². The second-order valence-corrected chi connectivity index (χ2v) is 7.17. The summed E-state index contributed by atoms with van der Waals surface area (Å²) < 4.78 is 10.8. The first-order valence-corrected chi connectivity index (χ1v) is 9.25. The Hall–Kier alpha value is -1.47. The molecule has 132 valence electrons. The highest BCUT2D eigenvalue weighted by Gasteiger charge is 2.46. The second-order valence-electron chi connectivity index (χ2n) is 7.17. The molecule has 1 aromatic heterocycles. The molecule has 3 heterocycles. The third kappa shape index (κ3) is 2.95. The molecule has 0 unspecified atom stereocenters. The molecule has 7 heteroatoms. The largest absolute Gasteiger partial charge is 0.368 e. The maximum Gasteiger partial charge on any atom is 0.255 e. The van der Waals surface area contributed by atoms with Gasteiger partial charge in [-0.2, -0.15) is 4.98 Å². The van der Waals surface area contributed by atoms with E-state index in [1.807, 2.05) is 0 Å². The van der Waals surface area contributed by atoms with Gasteiger partial charge in [0.15, 0.2) is 5.82 Å².